The molecule has 2 amide bonds. The Morgan fingerprint density at radius 2 is 1.74 bits per heavy atom. The molecule has 104 valence electrons. The average molecular weight is 265 g/mol. The molecule has 19 heavy (non-hydrogen) atoms. The van der Waals surface area contributed by atoms with Crippen molar-refractivity contribution in [2.75, 3.05) is 38.4 Å². The zero-order chi connectivity index (χ0) is 13.8. The molecule has 0 spiro atoms. The normalized spacial score (nSPS) is 22.5. The Bertz CT molecular complexity index is 423. The second kappa shape index (κ2) is 5.90. The van der Waals surface area contributed by atoms with Crippen LogP contribution in [-0.2, 0) is 9.47 Å². The van der Waals surface area contributed by atoms with E-state index in [1.54, 1.807) is 43.4 Å². The summed E-state index contributed by atoms with van der Waals surface area (Å²) in [4.78, 5) is 13.8. The molecule has 0 bridgehead atoms. The highest BCUT2D eigenvalue weighted by Crippen LogP contribution is 2.18. The van der Waals surface area contributed by atoms with Crippen molar-refractivity contribution in [2.45, 2.75) is 12.2 Å². The predicted octanol–water partition coefficient (Wildman–Crippen LogP) is 1.15. The molecule has 0 radical (unpaired) electrons. The Morgan fingerprint density at radius 1 is 1.21 bits per heavy atom. The lowest BCUT2D eigenvalue weighted by atomic mass is 10.3. The van der Waals surface area contributed by atoms with Crippen molar-refractivity contribution in [3.63, 3.8) is 0 Å². The van der Waals surface area contributed by atoms with Crippen LogP contribution in [0.1, 0.15) is 0 Å². The van der Waals surface area contributed by atoms with E-state index in [-0.39, 0.29) is 18.2 Å². The van der Waals surface area contributed by atoms with Crippen LogP contribution in [0, 0.1) is 0 Å². The van der Waals surface area contributed by atoms with Gasteiger partial charge in [0, 0.05) is 25.6 Å². The minimum Gasteiger partial charge on any atom is -0.399 e. The molecular weight excluding hydrogens is 246 g/mol. The van der Waals surface area contributed by atoms with Crippen molar-refractivity contribution in [3.8, 4) is 0 Å². The van der Waals surface area contributed by atoms with Crippen LogP contribution < -0.4 is 11.1 Å². The summed E-state index contributed by atoms with van der Waals surface area (Å²) in [6.07, 6.45) is -0.163. The van der Waals surface area contributed by atoms with Gasteiger partial charge in [-0.2, -0.15) is 0 Å². The highest BCUT2D eigenvalue weighted by molar-refractivity contribution is 5.89. The molecule has 1 heterocycles. The quantitative estimate of drug-likeness (QED) is 0.804. The summed E-state index contributed by atoms with van der Waals surface area (Å²) >= 11 is 0. The third kappa shape index (κ3) is 3.15. The summed E-state index contributed by atoms with van der Waals surface area (Å²) in [6.45, 7) is 1.05. The fourth-order valence-corrected chi connectivity index (χ4v) is 2.13. The van der Waals surface area contributed by atoms with Crippen molar-refractivity contribution in [3.05, 3.63) is 24.3 Å². The maximum Gasteiger partial charge on any atom is 0.322 e. The molecule has 0 aliphatic carbocycles. The lowest BCUT2D eigenvalue weighted by molar-refractivity contribution is -0.00461. The Morgan fingerprint density at radius 3 is 2.21 bits per heavy atom. The van der Waals surface area contributed by atoms with Crippen LogP contribution in [0.2, 0.25) is 0 Å². The topological polar surface area (TPSA) is 76.8 Å². The number of hydrogen-bond acceptors (Lipinski definition) is 4. The number of nitrogen functional groups attached to an aromatic ring is 1. The number of methoxy groups -OCH3 is 2. The van der Waals surface area contributed by atoms with Gasteiger partial charge in [-0.15, -0.1) is 0 Å². The van der Waals surface area contributed by atoms with Crippen molar-refractivity contribution in [2.24, 2.45) is 0 Å². The molecule has 2 unspecified atom stereocenters. The van der Waals surface area contributed by atoms with E-state index in [1.807, 2.05) is 0 Å². The summed E-state index contributed by atoms with van der Waals surface area (Å²) in [7, 11) is 3.25. The van der Waals surface area contributed by atoms with E-state index < -0.39 is 0 Å². The van der Waals surface area contributed by atoms with Crippen molar-refractivity contribution in [1.29, 1.82) is 0 Å². The molecule has 6 nitrogen and oxygen atoms in total. The third-order valence-corrected chi connectivity index (χ3v) is 3.27. The fraction of sp³-hybridized carbons (Fsp3) is 0.462. The van der Waals surface area contributed by atoms with Crippen molar-refractivity contribution < 1.29 is 14.3 Å². The molecule has 1 fully saturated rings. The molecule has 1 aliphatic rings. The van der Waals surface area contributed by atoms with Gasteiger partial charge in [0.2, 0.25) is 0 Å². The Labute approximate surface area is 112 Å². The molecule has 1 aromatic rings. The summed E-state index contributed by atoms with van der Waals surface area (Å²) in [5.74, 6) is 0. The van der Waals surface area contributed by atoms with Crippen LogP contribution in [0.25, 0.3) is 0 Å². The van der Waals surface area contributed by atoms with Crippen molar-refractivity contribution >= 4 is 17.4 Å². The minimum atomic E-state index is -0.161. The number of nitrogens with two attached hydrogens (primary N) is 1. The number of likely N-dealkylation sites (tertiary alicyclic amines) is 1. The fourth-order valence-electron chi connectivity index (χ4n) is 2.13. The van der Waals surface area contributed by atoms with Gasteiger partial charge in [0.05, 0.1) is 13.1 Å². The van der Waals surface area contributed by atoms with E-state index in [0.29, 0.717) is 24.5 Å². The maximum atomic E-state index is 12.1. The number of anilines is 2. The van der Waals surface area contributed by atoms with Gasteiger partial charge >= 0.3 is 6.03 Å². The van der Waals surface area contributed by atoms with Crippen LogP contribution >= 0.6 is 0 Å². The number of hydrogen-bond donors (Lipinski definition) is 2. The first-order valence-corrected chi connectivity index (χ1v) is 6.11. The number of amides is 2. The number of ether oxygens (including phenoxy) is 2. The lowest BCUT2D eigenvalue weighted by Crippen LogP contribution is -2.34. The van der Waals surface area contributed by atoms with Crippen LogP contribution in [-0.4, -0.2) is 50.4 Å². The van der Waals surface area contributed by atoms with Gasteiger partial charge in [-0.3, -0.25) is 0 Å². The molecule has 3 N–H and O–H groups in total. The van der Waals surface area contributed by atoms with Gasteiger partial charge < -0.3 is 25.4 Å². The lowest BCUT2D eigenvalue weighted by Gasteiger charge is -2.16. The molecule has 1 aromatic carbocycles. The Balaban J connectivity index is 1.95. The number of urea groups is 1. The second-order valence-electron chi connectivity index (χ2n) is 4.51. The van der Waals surface area contributed by atoms with Crippen molar-refractivity contribution in [1.82, 2.24) is 4.90 Å². The number of nitrogens with zero attached hydrogens (tertiary/aromatic N) is 1. The zero-order valence-corrected chi connectivity index (χ0v) is 11.1. The van der Waals surface area contributed by atoms with Gasteiger partial charge in [-0.25, -0.2) is 4.79 Å². The average Bonchev–Trinajstić information content (AvgIpc) is 2.84. The highest BCUT2D eigenvalue weighted by Gasteiger charge is 2.35. The van der Waals surface area contributed by atoms with Crippen LogP contribution in [0.4, 0.5) is 16.2 Å². The van der Waals surface area contributed by atoms with E-state index >= 15 is 0 Å². The van der Waals surface area contributed by atoms with E-state index in [4.69, 9.17) is 15.2 Å². The zero-order valence-electron chi connectivity index (χ0n) is 11.1. The summed E-state index contributed by atoms with van der Waals surface area (Å²) in [6, 6.07) is 6.87. The van der Waals surface area contributed by atoms with Crippen LogP contribution in [0.15, 0.2) is 24.3 Å². The number of nitrogens with one attached hydrogen (secondary N) is 1. The molecule has 0 saturated carbocycles. The van der Waals surface area contributed by atoms with Crippen LogP contribution in [0.3, 0.4) is 0 Å². The molecule has 1 aliphatic heterocycles. The van der Waals surface area contributed by atoms with E-state index in [9.17, 15) is 4.79 Å². The predicted molar refractivity (Wildman–Crippen MR) is 73.0 cm³/mol. The number of carbonyl (C=O) groups excluding carboxylic acids is 1. The summed E-state index contributed by atoms with van der Waals surface area (Å²) < 4.78 is 10.6. The van der Waals surface area contributed by atoms with E-state index in [2.05, 4.69) is 5.32 Å². The number of carbonyl (C=O) groups is 1. The Kier molecular flexibility index (Phi) is 4.24. The number of rotatable bonds is 3. The van der Waals surface area contributed by atoms with Gasteiger partial charge in [0.25, 0.3) is 0 Å². The first-order chi connectivity index (χ1) is 9.13. The Hall–Kier alpha value is -1.79. The third-order valence-electron chi connectivity index (χ3n) is 3.27. The molecule has 0 aromatic heterocycles. The summed E-state index contributed by atoms with van der Waals surface area (Å²) in [5.41, 5.74) is 6.98. The SMILES string of the molecule is COC1CN(C(=O)Nc2ccc(N)cc2)CC1OC. The monoisotopic (exact) mass is 265 g/mol. The van der Waals surface area contributed by atoms with E-state index in [1.165, 1.54) is 0 Å². The highest BCUT2D eigenvalue weighted by atomic mass is 16.5. The number of benzene rings is 1. The van der Waals surface area contributed by atoms with Crippen LogP contribution in [0.5, 0.6) is 0 Å². The molecular formula is C13H19N3O3. The largest absolute Gasteiger partial charge is 0.399 e. The van der Waals surface area contributed by atoms with Gasteiger partial charge in [0.1, 0.15) is 12.2 Å². The second-order valence-corrected chi connectivity index (χ2v) is 4.51. The standard InChI is InChI=1S/C13H19N3O3/c1-18-11-7-16(8-12(11)19-2)13(17)15-10-5-3-9(14)4-6-10/h3-6,11-12H,7-8,14H2,1-2H3,(H,15,17). The van der Waals surface area contributed by atoms with Gasteiger partial charge in [-0.1, -0.05) is 0 Å². The minimum absolute atomic E-state index is 0.0813. The van der Waals surface area contributed by atoms with E-state index in [0.717, 1.165) is 0 Å². The molecule has 6 heteroatoms. The molecule has 1 saturated heterocycles. The van der Waals surface area contributed by atoms with Gasteiger partial charge in [-0.05, 0) is 24.3 Å². The van der Waals surface area contributed by atoms with Gasteiger partial charge in [0.15, 0.2) is 0 Å². The molecule has 2 atom stereocenters. The first kappa shape index (κ1) is 13.6. The summed E-state index contributed by atoms with van der Waals surface area (Å²) in [5, 5.41) is 2.82. The molecule has 2 rings (SSSR count). The first-order valence-electron chi connectivity index (χ1n) is 6.11. The smallest absolute Gasteiger partial charge is 0.322 e. The maximum absolute atomic E-state index is 12.1.